The number of nitrogens with zero attached hydrogens (tertiary/aromatic N) is 1. The van der Waals surface area contributed by atoms with Crippen LogP contribution in [-0.2, 0) is 12.0 Å². The second-order valence-electron chi connectivity index (χ2n) is 9.22. The third kappa shape index (κ3) is 2.24. The minimum atomic E-state index is 0.0339. The molecule has 0 spiro atoms. The highest BCUT2D eigenvalue weighted by Crippen LogP contribution is 2.46. The Hall–Kier alpha value is -2.54. The van der Waals surface area contributed by atoms with E-state index in [9.17, 15) is 0 Å². The molecule has 1 nitrogen and oxygen atoms in total. The molecule has 0 fully saturated rings. The van der Waals surface area contributed by atoms with Gasteiger partial charge in [-0.1, -0.05) is 62.4 Å². The summed E-state index contributed by atoms with van der Waals surface area (Å²) >= 11 is 0. The van der Waals surface area contributed by atoms with Crippen LogP contribution in [0.25, 0.3) is 32.9 Å². The molecule has 136 valence electrons. The smallest absolute Gasteiger partial charge is 0.0538 e. The summed E-state index contributed by atoms with van der Waals surface area (Å²) in [4.78, 5) is 0. The van der Waals surface area contributed by atoms with Crippen LogP contribution in [0.1, 0.15) is 57.2 Å². The van der Waals surface area contributed by atoms with Crippen molar-refractivity contribution in [3.05, 3.63) is 71.3 Å². The van der Waals surface area contributed by atoms with Gasteiger partial charge in [0.2, 0.25) is 0 Å². The van der Waals surface area contributed by atoms with Crippen LogP contribution in [0, 0.1) is 0 Å². The normalized spacial score (nSPS) is 13.6. The molecule has 1 aliphatic carbocycles. The van der Waals surface area contributed by atoms with Crippen molar-refractivity contribution < 1.29 is 0 Å². The van der Waals surface area contributed by atoms with E-state index in [0.717, 1.165) is 6.42 Å². The molecule has 0 aliphatic heterocycles. The van der Waals surface area contributed by atoms with Crippen LogP contribution < -0.4 is 0 Å². The van der Waals surface area contributed by atoms with Gasteiger partial charge in [-0.25, -0.2) is 0 Å². The van der Waals surface area contributed by atoms with Crippen LogP contribution in [0.5, 0.6) is 0 Å². The quantitative estimate of drug-likeness (QED) is 0.299. The molecule has 0 saturated carbocycles. The van der Waals surface area contributed by atoms with Gasteiger partial charge in [0.1, 0.15) is 0 Å². The standard InChI is InChI=1S/C26H27N/c1-16(2)17-10-8-11-18-19-13-14-21-20-9-6-7-12-24(20)27(26(3,4)5)25(21)23(19)15-22(17)18/h6-14,16H,15H2,1-5H3. The SMILES string of the molecule is CC(C)c1cccc2c1Cc1c-2ccc2c3ccccc3n(C(C)(C)C)c12. The van der Waals surface area contributed by atoms with Crippen molar-refractivity contribution in [2.75, 3.05) is 0 Å². The van der Waals surface area contributed by atoms with Crippen molar-refractivity contribution in [3.8, 4) is 11.1 Å². The Morgan fingerprint density at radius 1 is 0.778 bits per heavy atom. The van der Waals surface area contributed by atoms with E-state index < -0.39 is 0 Å². The molecule has 4 aromatic rings. The van der Waals surface area contributed by atoms with Gasteiger partial charge in [0, 0.05) is 28.2 Å². The monoisotopic (exact) mass is 353 g/mol. The Morgan fingerprint density at radius 2 is 1.52 bits per heavy atom. The van der Waals surface area contributed by atoms with Gasteiger partial charge >= 0.3 is 0 Å². The number of rotatable bonds is 1. The summed E-state index contributed by atoms with van der Waals surface area (Å²) in [6, 6.07) is 20.4. The summed E-state index contributed by atoms with van der Waals surface area (Å²) in [5.41, 5.74) is 10.2. The Labute approximate surface area is 161 Å². The molecule has 0 unspecified atom stereocenters. The van der Waals surface area contributed by atoms with Crippen molar-refractivity contribution >= 4 is 21.8 Å². The number of hydrogen-bond acceptors (Lipinski definition) is 0. The molecule has 27 heavy (non-hydrogen) atoms. The molecule has 5 rings (SSSR count). The zero-order chi connectivity index (χ0) is 18.9. The van der Waals surface area contributed by atoms with Gasteiger partial charge in [-0.15, -0.1) is 0 Å². The zero-order valence-corrected chi connectivity index (χ0v) is 16.9. The molecular weight excluding hydrogens is 326 g/mol. The molecule has 0 N–H and O–H groups in total. The number of benzene rings is 3. The van der Waals surface area contributed by atoms with Crippen LogP contribution >= 0.6 is 0 Å². The topological polar surface area (TPSA) is 4.93 Å². The Kier molecular flexibility index (Phi) is 3.37. The molecule has 1 aliphatic rings. The minimum absolute atomic E-state index is 0.0339. The highest BCUT2D eigenvalue weighted by Gasteiger charge is 2.28. The van der Waals surface area contributed by atoms with E-state index in [4.69, 9.17) is 0 Å². The number of fused-ring (bicyclic) bond motifs is 7. The second kappa shape index (κ2) is 5.48. The Balaban J connectivity index is 1.91. The average molecular weight is 354 g/mol. The molecule has 1 heteroatoms. The minimum Gasteiger partial charge on any atom is -0.335 e. The first-order valence-electron chi connectivity index (χ1n) is 10.1. The van der Waals surface area contributed by atoms with Crippen LogP contribution in [-0.4, -0.2) is 4.57 Å². The Morgan fingerprint density at radius 3 is 2.26 bits per heavy atom. The van der Waals surface area contributed by atoms with Crippen molar-refractivity contribution in [1.29, 1.82) is 0 Å². The highest BCUT2D eigenvalue weighted by atomic mass is 15.0. The summed E-state index contributed by atoms with van der Waals surface area (Å²) in [6.45, 7) is 11.6. The van der Waals surface area contributed by atoms with Gasteiger partial charge in [-0.3, -0.25) is 0 Å². The fraction of sp³-hybridized carbons (Fsp3) is 0.308. The molecule has 0 bridgehead atoms. The number of aromatic nitrogens is 1. The predicted octanol–water partition coefficient (Wildman–Crippen LogP) is 7.24. The molecule has 0 radical (unpaired) electrons. The number of para-hydroxylation sites is 1. The highest BCUT2D eigenvalue weighted by molar-refractivity contribution is 6.11. The first-order valence-corrected chi connectivity index (χ1v) is 10.1. The van der Waals surface area contributed by atoms with E-state index >= 15 is 0 Å². The van der Waals surface area contributed by atoms with Crippen molar-refractivity contribution in [2.24, 2.45) is 0 Å². The van der Waals surface area contributed by atoms with E-state index in [1.807, 2.05) is 0 Å². The Bertz CT molecular complexity index is 1200. The maximum atomic E-state index is 2.57. The maximum absolute atomic E-state index is 2.57. The summed E-state index contributed by atoms with van der Waals surface area (Å²) in [5.74, 6) is 0.554. The lowest BCUT2D eigenvalue weighted by Crippen LogP contribution is -2.21. The third-order valence-electron chi connectivity index (χ3n) is 6.09. The fourth-order valence-corrected chi connectivity index (χ4v) is 5.03. The zero-order valence-electron chi connectivity index (χ0n) is 16.9. The fourth-order valence-electron chi connectivity index (χ4n) is 5.03. The van der Waals surface area contributed by atoms with Crippen LogP contribution in [0.4, 0.5) is 0 Å². The van der Waals surface area contributed by atoms with E-state index in [0.29, 0.717) is 5.92 Å². The van der Waals surface area contributed by atoms with Gasteiger partial charge < -0.3 is 4.57 Å². The molecule has 1 heterocycles. The lowest BCUT2D eigenvalue weighted by Gasteiger charge is -2.25. The van der Waals surface area contributed by atoms with Gasteiger partial charge in [0.05, 0.1) is 5.52 Å². The first-order chi connectivity index (χ1) is 12.9. The maximum Gasteiger partial charge on any atom is 0.0538 e. The van der Waals surface area contributed by atoms with Crippen LogP contribution in [0.3, 0.4) is 0 Å². The average Bonchev–Trinajstić information content (AvgIpc) is 3.16. The summed E-state index contributed by atoms with van der Waals surface area (Å²) in [6.07, 6.45) is 1.04. The molecular formula is C26H27N. The van der Waals surface area contributed by atoms with Gasteiger partial charge in [0.25, 0.3) is 0 Å². The van der Waals surface area contributed by atoms with E-state index in [2.05, 4.69) is 93.8 Å². The molecule has 0 atom stereocenters. The first kappa shape index (κ1) is 16.6. The largest absolute Gasteiger partial charge is 0.335 e. The third-order valence-corrected chi connectivity index (χ3v) is 6.09. The molecule has 0 amide bonds. The van der Waals surface area contributed by atoms with E-state index in [1.165, 1.54) is 49.6 Å². The van der Waals surface area contributed by atoms with Gasteiger partial charge in [-0.2, -0.15) is 0 Å². The lowest BCUT2D eigenvalue weighted by atomic mass is 9.94. The van der Waals surface area contributed by atoms with Gasteiger partial charge in [0.15, 0.2) is 0 Å². The van der Waals surface area contributed by atoms with Crippen molar-refractivity contribution in [3.63, 3.8) is 0 Å². The van der Waals surface area contributed by atoms with Crippen molar-refractivity contribution in [1.82, 2.24) is 4.57 Å². The lowest BCUT2D eigenvalue weighted by molar-refractivity contribution is 0.423. The number of hydrogen-bond donors (Lipinski definition) is 0. The van der Waals surface area contributed by atoms with Crippen molar-refractivity contribution in [2.45, 2.75) is 52.5 Å². The van der Waals surface area contributed by atoms with E-state index in [-0.39, 0.29) is 5.54 Å². The second-order valence-corrected chi connectivity index (χ2v) is 9.22. The van der Waals surface area contributed by atoms with Gasteiger partial charge in [-0.05, 0) is 60.6 Å². The molecule has 1 aromatic heterocycles. The molecule has 3 aromatic carbocycles. The molecule has 0 saturated heterocycles. The summed E-state index contributed by atoms with van der Waals surface area (Å²) in [5, 5.41) is 2.75. The van der Waals surface area contributed by atoms with E-state index in [1.54, 1.807) is 0 Å². The van der Waals surface area contributed by atoms with Crippen LogP contribution in [0.2, 0.25) is 0 Å². The van der Waals surface area contributed by atoms with Crippen LogP contribution in [0.15, 0.2) is 54.6 Å². The summed E-state index contributed by atoms with van der Waals surface area (Å²) < 4.78 is 2.57. The predicted molar refractivity (Wildman–Crippen MR) is 117 cm³/mol. The summed E-state index contributed by atoms with van der Waals surface area (Å²) in [7, 11) is 0.